The molecule has 184 valence electrons. The Morgan fingerprint density at radius 2 is 1.67 bits per heavy atom. The third-order valence-corrected chi connectivity index (χ3v) is 5.27. The molecular weight excluding hydrogens is 463 g/mol. The number of rotatable bonds is 9. The van der Waals surface area contributed by atoms with Gasteiger partial charge in [-0.2, -0.15) is 0 Å². The number of methoxy groups -OCH3 is 1. The first-order valence-electron chi connectivity index (χ1n) is 11.3. The Hall–Kier alpha value is -4.66. The van der Waals surface area contributed by atoms with Gasteiger partial charge in [-0.05, 0) is 67.6 Å². The van der Waals surface area contributed by atoms with Crippen LogP contribution in [0.25, 0.3) is 10.9 Å². The minimum Gasteiger partial charge on any atom is -0.496 e. The number of carbonyl (C=O) groups excluding carboxylic acids is 2. The van der Waals surface area contributed by atoms with E-state index in [2.05, 4.69) is 20.9 Å². The Bertz CT molecular complexity index is 1380. The summed E-state index contributed by atoms with van der Waals surface area (Å²) in [4.78, 5) is 29.0. The Balaban J connectivity index is 1.44. The minimum absolute atomic E-state index is 0.0387. The lowest BCUT2D eigenvalue weighted by Crippen LogP contribution is -2.23. The number of nitrogens with one attached hydrogen (secondary N) is 3. The van der Waals surface area contributed by atoms with Gasteiger partial charge in [0.2, 0.25) is 5.91 Å². The van der Waals surface area contributed by atoms with E-state index >= 15 is 0 Å². The first-order chi connectivity index (χ1) is 17.5. The summed E-state index contributed by atoms with van der Waals surface area (Å²) in [6, 6.07) is 17.8. The number of nitrogens with zero attached hydrogens (tertiary/aromatic N) is 1. The molecule has 3 aromatic carbocycles. The highest BCUT2D eigenvalue weighted by atomic mass is 19.1. The monoisotopic (exact) mass is 488 g/mol. The SMILES string of the molecule is CCNC(=O)c1cc2c(Oc3ccc(NCC(=O)Nc4ccc(F)cc4)cc3)ccnc2cc1OC. The molecule has 0 aliphatic carbocycles. The maximum Gasteiger partial charge on any atom is 0.255 e. The highest BCUT2D eigenvalue weighted by Crippen LogP contribution is 2.33. The molecule has 0 bridgehead atoms. The molecule has 4 aromatic rings. The minimum atomic E-state index is -0.365. The summed E-state index contributed by atoms with van der Waals surface area (Å²) < 4.78 is 24.4. The molecule has 3 N–H and O–H groups in total. The number of pyridine rings is 1. The lowest BCUT2D eigenvalue weighted by Gasteiger charge is -2.13. The molecule has 0 aliphatic rings. The third kappa shape index (κ3) is 5.87. The van der Waals surface area contributed by atoms with Crippen LogP contribution in [-0.2, 0) is 4.79 Å². The standard InChI is InChI=1S/C27H25FN4O4/c1-3-29-27(34)22-14-21-23(15-25(22)35-2)30-13-12-24(21)36-20-10-8-18(9-11-20)31-16-26(33)32-19-6-4-17(28)5-7-19/h4-15,31H,3,16H2,1-2H3,(H,29,34)(H,32,33). The number of anilines is 2. The van der Waals surface area contributed by atoms with E-state index in [4.69, 9.17) is 9.47 Å². The largest absolute Gasteiger partial charge is 0.496 e. The zero-order valence-electron chi connectivity index (χ0n) is 19.8. The summed E-state index contributed by atoms with van der Waals surface area (Å²) in [5, 5.41) is 9.17. The van der Waals surface area contributed by atoms with E-state index in [1.54, 1.807) is 48.7 Å². The van der Waals surface area contributed by atoms with Gasteiger partial charge < -0.3 is 25.4 Å². The van der Waals surface area contributed by atoms with E-state index in [0.717, 1.165) is 5.69 Å². The van der Waals surface area contributed by atoms with Crippen molar-refractivity contribution in [2.45, 2.75) is 6.92 Å². The van der Waals surface area contributed by atoms with Crippen molar-refractivity contribution in [3.63, 3.8) is 0 Å². The number of ether oxygens (including phenoxy) is 2. The van der Waals surface area contributed by atoms with Crippen molar-refractivity contribution in [2.24, 2.45) is 0 Å². The van der Waals surface area contributed by atoms with Crippen molar-refractivity contribution in [2.75, 3.05) is 30.8 Å². The molecule has 8 nitrogen and oxygen atoms in total. The summed E-state index contributed by atoms with van der Waals surface area (Å²) in [6.07, 6.45) is 1.62. The van der Waals surface area contributed by atoms with Crippen LogP contribution in [0.2, 0.25) is 0 Å². The molecular formula is C27H25FN4O4. The maximum absolute atomic E-state index is 13.0. The van der Waals surface area contributed by atoms with Gasteiger partial charge in [0.05, 0.1) is 24.7 Å². The van der Waals surface area contributed by atoms with Crippen LogP contribution in [0, 0.1) is 5.82 Å². The normalized spacial score (nSPS) is 10.5. The van der Waals surface area contributed by atoms with Crippen LogP contribution in [0.4, 0.5) is 15.8 Å². The van der Waals surface area contributed by atoms with E-state index in [1.807, 2.05) is 6.92 Å². The second kappa shape index (κ2) is 11.2. The van der Waals surface area contributed by atoms with Crippen LogP contribution in [-0.4, -0.2) is 37.0 Å². The molecule has 36 heavy (non-hydrogen) atoms. The first-order valence-corrected chi connectivity index (χ1v) is 11.3. The van der Waals surface area contributed by atoms with Gasteiger partial charge in [-0.1, -0.05) is 0 Å². The van der Waals surface area contributed by atoms with Gasteiger partial charge in [0.1, 0.15) is 23.1 Å². The van der Waals surface area contributed by atoms with Gasteiger partial charge in [0.25, 0.3) is 5.91 Å². The maximum atomic E-state index is 13.0. The molecule has 0 atom stereocenters. The summed E-state index contributed by atoms with van der Waals surface area (Å²) >= 11 is 0. The highest BCUT2D eigenvalue weighted by Gasteiger charge is 2.16. The van der Waals surface area contributed by atoms with Gasteiger partial charge >= 0.3 is 0 Å². The molecule has 0 aliphatic heterocycles. The molecule has 0 spiro atoms. The smallest absolute Gasteiger partial charge is 0.255 e. The Morgan fingerprint density at radius 3 is 2.36 bits per heavy atom. The third-order valence-electron chi connectivity index (χ3n) is 5.27. The lowest BCUT2D eigenvalue weighted by molar-refractivity contribution is -0.114. The summed E-state index contributed by atoms with van der Waals surface area (Å²) in [5.74, 6) is 0.660. The molecule has 0 saturated heterocycles. The van der Waals surface area contributed by atoms with Crippen molar-refractivity contribution >= 4 is 34.1 Å². The zero-order valence-corrected chi connectivity index (χ0v) is 19.8. The Kier molecular flexibility index (Phi) is 7.60. The number of aromatic nitrogens is 1. The number of carbonyl (C=O) groups is 2. The van der Waals surface area contributed by atoms with Crippen LogP contribution in [0.15, 0.2) is 72.9 Å². The van der Waals surface area contributed by atoms with Gasteiger partial charge in [-0.3, -0.25) is 14.6 Å². The van der Waals surface area contributed by atoms with Crippen LogP contribution in [0.3, 0.4) is 0 Å². The van der Waals surface area contributed by atoms with Crippen molar-refractivity contribution < 1.29 is 23.5 Å². The predicted octanol–water partition coefficient (Wildman–Crippen LogP) is 4.98. The highest BCUT2D eigenvalue weighted by molar-refractivity contribution is 6.02. The van der Waals surface area contributed by atoms with Crippen LogP contribution >= 0.6 is 0 Å². The molecule has 0 fully saturated rings. The average Bonchev–Trinajstić information content (AvgIpc) is 2.89. The van der Waals surface area contributed by atoms with Crippen LogP contribution in [0.5, 0.6) is 17.2 Å². The predicted molar refractivity (Wildman–Crippen MR) is 136 cm³/mol. The van der Waals surface area contributed by atoms with Gasteiger partial charge in [0, 0.05) is 35.6 Å². The number of amides is 2. The van der Waals surface area contributed by atoms with Gasteiger partial charge in [-0.25, -0.2) is 4.39 Å². The van der Waals surface area contributed by atoms with Crippen molar-refractivity contribution in [1.82, 2.24) is 10.3 Å². The number of fused-ring (bicyclic) bond motifs is 1. The number of benzene rings is 3. The fraction of sp³-hybridized carbons (Fsp3) is 0.148. The topological polar surface area (TPSA) is 102 Å². The Morgan fingerprint density at radius 1 is 0.944 bits per heavy atom. The van der Waals surface area contributed by atoms with Crippen LogP contribution in [0.1, 0.15) is 17.3 Å². The quantitative estimate of drug-likeness (QED) is 0.307. The van der Waals surface area contributed by atoms with E-state index in [1.165, 1.54) is 31.4 Å². The molecule has 0 saturated carbocycles. The molecule has 9 heteroatoms. The van der Waals surface area contributed by atoms with E-state index in [0.29, 0.717) is 45.9 Å². The summed E-state index contributed by atoms with van der Waals surface area (Å²) in [6.45, 7) is 2.37. The van der Waals surface area contributed by atoms with E-state index < -0.39 is 0 Å². The van der Waals surface area contributed by atoms with E-state index in [9.17, 15) is 14.0 Å². The molecule has 2 amide bonds. The summed E-state index contributed by atoms with van der Waals surface area (Å²) in [5.41, 5.74) is 2.26. The van der Waals surface area contributed by atoms with Crippen molar-refractivity contribution in [3.8, 4) is 17.2 Å². The van der Waals surface area contributed by atoms with Crippen molar-refractivity contribution in [3.05, 3.63) is 84.3 Å². The fourth-order valence-corrected chi connectivity index (χ4v) is 3.53. The second-order valence-electron chi connectivity index (χ2n) is 7.77. The van der Waals surface area contributed by atoms with Crippen LogP contribution < -0.4 is 25.4 Å². The first kappa shape index (κ1) is 24.5. The van der Waals surface area contributed by atoms with Crippen molar-refractivity contribution in [1.29, 1.82) is 0 Å². The fourth-order valence-electron chi connectivity index (χ4n) is 3.53. The lowest BCUT2D eigenvalue weighted by atomic mass is 10.1. The average molecular weight is 489 g/mol. The van der Waals surface area contributed by atoms with Gasteiger partial charge in [0.15, 0.2) is 0 Å². The molecule has 4 rings (SSSR count). The number of hydrogen-bond acceptors (Lipinski definition) is 6. The molecule has 1 aromatic heterocycles. The second-order valence-corrected chi connectivity index (χ2v) is 7.77. The van der Waals surface area contributed by atoms with E-state index in [-0.39, 0.29) is 24.2 Å². The Labute approximate surface area is 207 Å². The zero-order chi connectivity index (χ0) is 25.5. The summed E-state index contributed by atoms with van der Waals surface area (Å²) in [7, 11) is 1.51. The number of hydrogen-bond donors (Lipinski definition) is 3. The number of halogens is 1. The molecule has 0 unspecified atom stereocenters. The van der Waals surface area contributed by atoms with Gasteiger partial charge in [-0.15, -0.1) is 0 Å². The molecule has 1 heterocycles. The molecule has 0 radical (unpaired) electrons.